The topological polar surface area (TPSA) is 15.3 Å². The van der Waals surface area contributed by atoms with Crippen molar-refractivity contribution in [2.45, 2.75) is 32.7 Å². The van der Waals surface area contributed by atoms with Crippen LogP contribution < -0.4 is 5.32 Å². The minimum absolute atomic E-state index is 0.652. The lowest BCUT2D eigenvalue weighted by Gasteiger charge is -2.29. The second-order valence-corrected chi connectivity index (χ2v) is 4.35. The summed E-state index contributed by atoms with van der Waals surface area (Å²) in [6.07, 6.45) is 6.90. The monoisotopic (exact) mass is 182 g/mol. The third-order valence-corrected chi connectivity index (χ3v) is 2.53. The van der Waals surface area contributed by atoms with Crippen molar-refractivity contribution in [1.29, 1.82) is 0 Å². The number of nitrogens with one attached hydrogen (secondary N) is 1. The first kappa shape index (κ1) is 10.6. The first-order valence-electron chi connectivity index (χ1n) is 5.29. The molecule has 0 unspecified atom stereocenters. The van der Waals surface area contributed by atoms with Crippen molar-refractivity contribution in [3.8, 4) is 0 Å². The summed E-state index contributed by atoms with van der Waals surface area (Å²) < 4.78 is 0. The van der Waals surface area contributed by atoms with E-state index in [4.69, 9.17) is 0 Å². The molecule has 1 fully saturated rings. The van der Waals surface area contributed by atoms with Gasteiger partial charge in [0.05, 0.1) is 0 Å². The van der Waals surface area contributed by atoms with E-state index in [0.29, 0.717) is 12.0 Å². The van der Waals surface area contributed by atoms with Crippen molar-refractivity contribution in [1.82, 2.24) is 10.2 Å². The van der Waals surface area contributed by atoms with Crippen LogP contribution in [0.5, 0.6) is 0 Å². The van der Waals surface area contributed by atoms with E-state index < -0.39 is 0 Å². The predicted molar refractivity (Wildman–Crippen MR) is 57.6 cm³/mol. The first-order chi connectivity index (χ1) is 6.18. The molecule has 2 nitrogen and oxygen atoms in total. The third-order valence-electron chi connectivity index (χ3n) is 2.53. The molecule has 0 bridgehead atoms. The fraction of sp³-hybridized carbons (Fsp3) is 0.818. The van der Waals surface area contributed by atoms with E-state index in [1.807, 2.05) is 0 Å². The van der Waals surface area contributed by atoms with Crippen LogP contribution in [0.25, 0.3) is 0 Å². The molecule has 0 atom stereocenters. The molecule has 1 heterocycles. The van der Waals surface area contributed by atoms with Gasteiger partial charge in [0.25, 0.3) is 0 Å². The number of hydrogen-bond donors (Lipinski definition) is 1. The van der Waals surface area contributed by atoms with Crippen LogP contribution in [-0.4, -0.2) is 31.1 Å². The Hall–Kier alpha value is -0.500. The molecule has 1 aliphatic rings. The van der Waals surface area contributed by atoms with Crippen molar-refractivity contribution in [2.75, 3.05) is 20.1 Å². The van der Waals surface area contributed by atoms with Crippen molar-refractivity contribution in [3.05, 3.63) is 12.3 Å². The summed E-state index contributed by atoms with van der Waals surface area (Å²) in [4.78, 5) is 2.39. The van der Waals surface area contributed by atoms with E-state index in [9.17, 15) is 0 Å². The molecule has 0 radical (unpaired) electrons. The van der Waals surface area contributed by atoms with E-state index >= 15 is 0 Å². The molecule has 0 aromatic carbocycles. The van der Waals surface area contributed by atoms with Crippen molar-refractivity contribution in [3.63, 3.8) is 0 Å². The van der Waals surface area contributed by atoms with Gasteiger partial charge in [0, 0.05) is 6.04 Å². The lowest BCUT2D eigenvalue weighted by molar-refractivity contribution is 0.244. The smallest absolute Gasteiger partial charge is 0.0280 e. The molecule has 0 aromatic heterocycles. The molecule has 1 rings (SSSR count). The van der Waals surface area contributed by atoms with Crippen LogP contribution in [0.3, 0.4) is 0 Å². The zero-order valence-electron chi connectivity index (χ0n) is 9.09. The Morgan fingerprint density at radius 3 is 2.46 bits per heavy atom. The minimum Gasteiger partial charge on any atom is -0.388 e. The molecule has 0 amide bonds. The maximum absolute atomic E-state index is 3.47. The normalized spacial score (nSPS) is 21.5. The number of nitrogens with zero attached hydrogens (tertiary/aromatic N) is 1. The molecular formula is C11H22N2. The van der Waals surface area contributed by atoms with Gasteiger partial charge >= 0.3 is 0 Å². The highest BCUT2D eigenvalue weighted by atomic mass is 15.1. The van der Waals surface area contributed by atoms with Gasteiger partial charge in [-0.15, -0.1) is 0 Å². The van der Waals surface area contributed by atoms with E-state index in [2.05, 4.69) is 43.4 Å². The largest absolute Gasteiger partial charge is 0.388 e. The van der Waals surface area contributed by atoms with Gasteiger partial charge in [-0.2, -0.15) is 0 Å². The van der Waals surface area contributed by atoms with Crippen LogP contribution in [0.2, 0.25) is 0 Å². The molecule has 1 N–H and O–H groups in total. The van der Waals surface area contributed by atoms with E-state index in [0.717, 1.165) is 0 Å². The van der Waals surface area contributed by atoms with Crippen LogP contribution in [0.4, 0.5) is 0 Å². The van der Waals surface area contributed by atoms with E-state index in [1.165, 1.54) is 25.9 Å². The highest BCUT2D eigenvalue weighted by molar-refractivity contribution is 4.87. The highest BCUT2D eigenvalue weighted by Gasteiger charge is 2.14. The molecule has 0 aliphatic carbocycles. The number of likely N-dealkylation sites (tertiary alicyclic amines) is 1. The van der Waals surface area contributed by atoms with Crippen LogP contribution in [0, 0.1) is 5.92 Å². The molecule has 0 aromatic rings. The predicted octanol–water partition coefficient (Wildman–Crippen LogP) is 1.84. The van der Waals surface area contributed by atoms with Gasteiger partial charge in [0.2, 0.25) is 0 Å². The van der Waals surface area contributed by atoms with E-state index in [-0.39, 0.29) is 0 Å². The third kappa shape index (κ3) is 4.32. The average molecular weight is 182 g/mol. The van der Waals surface area contributed by atoms with Gasteiger partial charge in [-0.05, 0) is 45.1 Å². The Morgan fingerprint density at radius 2 is 1.92 bits per heavy atom. The van der Waals surface area contributed by atoms with Crippen molar-refractivity contribution >= 4 is 0 Å². The van der Waals surface area contributed by atoms with Gasteiger partial charge in [-0.3, -0.25) is 0 Å². The van der Waals surface area contributed by atoms with Gasteiger partial charge in [-0.25, -0.2) is 0 Å². The molecule has 0 spiro atoms. The second kappa shape index (κ2) is 5.28. The number of piperidine rings is 1. The summed E-state index contributed by atoms with van der Waals surface area (Å²) in [6, 6.07) is 0.700. The zero-order chi connectivity index (χ0) is 9.68. The number of allylic oxidation sites excluding steroid dienone is 1. The number of hydrogen-bond acceptors (Lipinski definition) is 2. The van der Waals surface area contributed by atoms with Gasteiger partial charge in [-0.1, -0.05) is 19.9 Å². The van der Waals surface area contributed by atoms with Crippen molar-refractivity contribution in [2.24, 2.45) is 5.92 Å². The quantitative estimate of drug-likeness (QED) is 0.716. The van der Waals surface area contributed by atoms with Crippen LogP contribution in [-0.2, 0) is 0 Å². The Bertz CT molecular complexity index is 155. The maximum Gasteiger partial charge on any atom is 0.0280 e. The van der Waals surface area contributed by atoms with Crippen molar-refractivity contribution < 1.29 is 0 Å². The maximum atomic E-state index is 3.47. The van der Waals surface area contributed by atoms with Crippen LogP contribution >= 0.6 is 0 Å². The van der Waals surface area contributed by atoms with Gasteiger partial charge in [0.15, 0.2) is 0 Å². The van der Waals surface area contributed by atoms with Gasteiger partial charge in [0.1, 0.15) is 0 Å². The molecule has 2 heteroatoms. The Balaban J connectivity index is 2.15. The summed E-state index contributed by atoms with van der Waals surface area (Å²) in [6.45, 7) is 6.86. The summed E-state index contributed by atoms with van der Waals surface area (Å²) in [5.41, 5.74) is 0. The average Bonchev–Trinajstić information content (AvgIpc) is 2.08. The molecule has 13 heavy (non-hydrogen) atoms. The fourth-order valence-electron chi connectivity index (χ4n) is 1.56. The molecular weight excluding hydrogens is 160 g/mol. The van der Waals surface area contributed by atoms with E-state index in [1.54, 1.807) is 0 Å². The standard InChI is InChI=1S/C11H22N2/c1-10(2)4-7-12-11-5-8-13(3)9-6-11/h4,7,10-12H,5-6,8-9H2,1-3H3/b7-4-. The van der Waals surface area contributed by atoms with Crippen LogP contribution in [0.15, 0.2) is 12.3 Å². The lowest BCUT2D eigenvalue weighted by atomic mass is 10.1. The Kier molecular flexibility index (Phi) is 4.29. The Morgan fingerprint density at radius 1 is 1.31 bits per heavy atom. The summed E-state index contributed by atoms with van der Waals surface area (Å²) in [5.74, 6) is 0.652. The highest BCUT2D eigenvalue weighted by Crippen LogP contribution is 2.07. The Labute approximate surface area is 82.0 Å². The molecule has 0 saturated carbocycles. The first-order valence-corrected chi connectivity index (χ1v) is 5.29. The lowest BCUT2D eigenvalue weighted by Crippen LogP contribution is -2.38. The van der Waals surface area contributed by atoms with Gasteiger partial charge < -0.3 is 10.2 Å². The molecule has 76 valence electrons. The summed E-state index contributed by atoms with van der Waals surface area (Å²) in [7, 11) is 2.19. The molecule has 1 saturated heterocycles. The zero-order valence-corrected chi connectivity index (χ0v) is 9.09. The minimum atomic E-state index is 0.652. The summed E-state index contributed by atoms with van der Waals surface area (Å²) >= 11 is 0. The SMILES string of the molecule is CC(C)/C=C\NC1CCN(C)CC1. The second-order valence-electron chi connectivity index (χ2n) is 4.35. The van der Waals surface area contributed by atoms with Crippen LogP contribution in [0.1, 0.15) is 26.7 Å². The fourth-order valence-corrected chi connectivity index (χ4v) is 1.56. The summed E-state index contributed by atoms with van der Waals surface area (Å²) in [5, 5.41) is 3.47. The molecule has 1 aliphatic heterocycles. The number of rotatable bonds is 3.